The summed E-state index contributed by atoms with van der Waals surface area (Å²) >= 11 is 0. The second-order valence-corrected chi connectivity index (χ2v) is 4.72. The minimum atomic E-state index is -0.415. The number of phenols is 1. The van der Waals surface area contributed by atoms with Gasteiger partial charge in [0.05, 0.1) is 6.10 Å². The van der Waals surface area contributed by atoms with Crippen molar-refractivity contribution in [3.05, 3.63) is 29.8 Å². The molecule has 82 valence electrons. The van der Waals surface area contributed by atoms with Gasteiger partial charge >= 0.3 is 0 Å². The van der Waals surface area contributed by atoms with Crippen LogP contribution in [-0.4, -0.2) is 10.2 Å². The topological polar surface area (TPSA) is 40.5 Å². The van der Waals surface area contributed by atoms with Crippen LogP contribution in [0, 0.1) is 11.8 Å². The summed E-state index contributed by atoms with van der Waals surface area (Å²) in [6.45, 7) is 2.23. The zero-order valence-electron chi connectivity index (χ0n) is 9.06. The third-order valence-corrected chi connectivity index (χ3v) is 3.39. The van der Waals surface area contributed by atoms with Gasteiger partial charge in [-0.15, -0.1) is 0 Å². The fraction of sp³-hybridized carbons (Fsp3) is 0.538. The predicted octanol–water partition coefficient (Wildman–Crippen LogP) is 2.86. The van der Waals surface area contributed by atoms with E-state index in [0.29, 0.717) is 5.92 Å². The van der Waals surface area contributed by atoms with Crippen LogP contribution in [0.15, 0.2) is 24.3 Å². The molecule has 0 saturated heterocycles. The van der Waals surface area contributed by atoms with Crippen molar-refractivity contribution in [1.82, 2.24) is 0 Å². The van der Waals surface area contributed by atoms with E-state index in [1.807, 2.05) is 6.07 Å². The molecule has 0 heterocycles. The first kappa shape index (κ1) is 10.5. The van der Waals surface area contributed by atoms with Crippen LogP contribution in [0.4, 0.5) is 0 Å². The molecule has 2 heteroatoms. The molecule has 3 atom stereocenters. The van der Waals surface area contributed by atoms with Crippen LogP contribution in [0.25, 0.3) is 0 Å². The van der Waals surface area contributed by atoms with Gasteiger partial charge in [0.2, 0.25) is 0 Å². The van der Waals surface area contributed by atoms with Gasteiger partial charge in [0.15, 0.2) is 0 Å². The Kier molecular flexibility index (Phi) is 2.96. The second kappa shape index (κ2) is 4.23. The summed E-state index contributed by atoms with van der Waals surface area (Å²) in [5, 5.41) is 19.5. The van der Waals surface area contributed by atoms with Gasteiger partial charge in [-0.25, -0.2) is 0 Å². The molecule has 0 spiro atoms. The highest BCUT2D eigenvalue weighted by molar-refractivity contribution is 5.29. The Bertz CT molecular complexity index is 335. The number of rotatable bonds is 2. The van der Waals surface area contributed by atoms with E-state index in [-0.39, 0.29) is 5.75 Å². The maximum absolute atomic E-state index is 10.2. The van der Waals surface area contributed by atoms with Crippen LogP contribution in [0.5, 0.6) is 5.75 Å². The first-order chi connectivity index (χ1) is 7.16. The lowest BCUT2D eigenvalue weighted by Gasteiger charge is -2.18. The second-order valence-electron chi connectivity index (χ2n) is 4.72. The molecular formula is C13H18O2. The van der Waals surface area contributed by atoms with Crippen molar-refractivity contribution in [2.45, 2.75) is 32.3 Å². The molecule has 0 bridgehead atoms. The van der Waals surface area contributed by atoms with Crippen LogP contribution in [0.1, 0.15) is 37.9 Å². The van der Waals surface area contributed by atoms with E-state index in [2.05, 4.69) is 6.92 Å². The van der Waals surface area contributed by atoms with Crippen molar-refractivity contribution < 1.29 is 10.2 Å². The molecule has 1 aliphatic carbocycles. The summed E-state index contributed by atoms with van der Waals surface area (Å²) in [7, 11) is 0. The summed E-state index contributed by atoms with van der Waals surface area (Å²) in [5.41, 5.74) is 0.842. The number of hydrogen-bond acceptors (Lipinski definition) is 2. The average Bonchev–Trinajstić information content (AvgIpc) is 2.64. The smallest absolute Gasteiger partial charge is 0.115 e. The fourth-order valence-corrected chi connectivity index (χ4v) is 2.52. The Labute approximate surface area is 90.6 Å². The van der Waals surface area contributed by atoms with Crippen molar-refractivity contribution in [3.63, 3.8) is 0 Å². The Morgan fingerprint density at radius 1 is 1.33 bits per heavy atom. The highest BCUT2D eigenvalue weighted by atomic mass is 16.3. The van der Waals surface area contributed by atoms with Gasteiger partial charge < -0.3 is 10.2 Å². The third-order valence-electron chi connectivity index (χ3n) is 3.39. The highest BCUT2D eigenvalue weighted by Gasteiger charge is 2.28. The van der Waals surface area contributed by atoms with Crippen LogP contribution in [0.3, 0.4) is 0 Å². The summed E-state index contributed by atoms with van der Waals surface area (Å²) in [6, 6.07) is 6.96. The minimum absolute atomic E-state index is 0.234. The Hall–Kier alpha value is -1.02. The summed E-state index contributed by atoms with van der Waals surface area (Å²) in [6.07, 6.45) is 2.98. The normalized spacial score (nSPS) is 27.9. The third kappa shape index (κ3) is 2.32. The quantitative estimate of drug-likeness (QED) is 0.781. The van der Waals surface area contributed by atoms with E-state index in [4.69, 9.17) is 0 Å². The van der Waals surface area contributed by atoms with Crippen molar-refractivity contribution >= 4 is 0 Å². The van der Waals surface area contributed by atoms with Gasteiger partial charge in [0.25, 0.3) is 0 Å². The largest absolute Gasteiger partial charge is 0.508 e. The number of benzene rings is 1. The van der Waals surface area contributed by atoms with Crippen molar-refractivity contribution in [2.24, 2.45) is 11.8 Å². The molecule has 2 nitrogen and oxygen atoms in total. The van der Waals surface area contributed by atoms with Gasteiger partial charge in [-0.1, -0.05) is 25.5 Å². The van der Waals surface area contributed by atoms with Gasteiger partial charge in [0, 0.05) is 0 Å². The van der Waals surface area contributed by atoms with Crippen molar-refractivity contribution in [2.75, 3.05) is 0 Å². The molecule has 0 amide bonds. The number of aliphatic hydroxyl groups excluding tert-OH is 1. The van der Waals surface area contributed by atoms with Crippen LogP contribution < -0.4 is 0 Å². The first-order valence-electron chi connectivity index (χ1n) is 5.64. The molecule has 1 aliphatic rings. The standard InChI is InChI=1S/C13H18O2/c1-9-5-6-11(7-9)13(15)10-3-2-4-12(14)8-10/h2-4,8-9,11,13-15H,5-7H2,1H3/t9-,11+,13-/m0/s1. The lowest BCUT2D eigenvalue weighted by Crippen LogP contribution is -2.09. The van der Waals surface area contributed by atoms with Gasteiger partial charge in [-0.2, -0.15) is 0 Å². The van der Waals surface area contributed by atoms with Crippen molar-refractivity contribution in [1.29, 1.82) is 0 Å². The molecule has 2 rings (SSSR count). The van der Waals surface area contributed by atoms with E-state index in [9.17, 15) is 10.2 Å². The van der Waals surface area contributed by atoms with E-state index in [1.165, 1.54) is 6.42 Å². The van der Waals surface area contributed by atoms with E-state index < -0.39 is 6.10 Å². The SMILES string of the molecule is C[C@H]1CC[C@@H]([C@@H](O)c2cccc(O)c2)C1. The number of hydrogen-bond donors (Lipinski definition) is 2. The lowest BCUT2D eigenvalue weighted by atomic mass is 9.93. The van der Waals surface area contributed by atoms with Crippen molar-refractivity contribution in [3.8, 4) is 5.75 Å². The molecule has 1 aromatic carbocycles. The fourth-order valence-electron chi connectivity index (χ4n) is 2.52. The van der Waals surface area contributed by atoms with E-state index >= 15 is 0 Å². The Balaban J connectivity index is 2.10. The molecular weight excluding hydrogens is 188 g/mol. The van der Waals surface area contributed by atoms with E-state index in [0.717, 1.165) is 24.3 Å². The van der Waals surface area contributed by atoms with E-state index in [1.54, 1.807) is 18.2 Å². The average molecular weight is 206 g/mol. The summed E-state index contributed by atoms with van der Waals surface area (Å²) in [5.74, 6) is 1.32. The first-order valence-corrected chi connectivity index (χ1v) is 5.64. The molecule has 0 aliphatic heterocycles. The number of phenolic OH excluding ortho intramolecular Hbond substituents is 1. The lowest BCUT2D eigenvalue weighted by molar-refractivity contribution is 0.109. The van der Waals surface area contributed by atoms with Crippen LogP contribution >= 0.6 is 0 Å². The van der Waals surface area contributed by atoms with Gasteiger partial charge in [-0.3, -0.25) is 0 Å². The molecule has 0 aromatic heterocycles. The Morgan fingerprint density at radius 3 is 2.73 bits per heavy atom. The van der Waals surface area contributed by atoms with Crippen LogP contribution in [-0.2, 0) is 0 Å². The molecule has 15 heavy (non-hydrogen) atoms. The van der Waals surface area contributed by atoms with Gasteiger partial charge in [-0.05, 0) is 42.4 Å². The maximum atomic E-state index is 10.2. The molecule has 1 saturated carbocycles. The zero-order valence-corrected chi connectivity index (χ0v) is 9.06. The zero-order chi connectivity index (χ0) is 10.8. The molecule has 1 fully saturated rings. The Morgan fingerprint density at radius 2 is 2.13 bits per heavy atom. The maximum Gasteiger partial charge on any atom is 0.115 e. The van der Waals surface area contributed by atoms with Crippen LogP contribution in [0.2, 0.25) is 0 Å². The molecule has 1 aromatic rings. The molecule has 0 radical (unpaired) electrons. The number of aliphatic hydroxyl groups is 1. The summed E-state index contributed by atoms with van der Waals surface area (Å²) in [4.78, 5) is 0. The monoisotopic (exact) mass is 206 g/mol. The summed E-state index contributed by atoms with van der Waals surface area (Å²) < 4.78 is 0. The minimum Gasteiger partial charge on any atom is -0.508 e. The molecule has 0 unspecified atom stereocenters. The number of aromatic hydroxyl groups is 1. The predicted molar refractivity (Wildman–Crippen MR) is 59.6 cm³/mol. The molecule has 2 N–H and O–H groups in total. The highest BCUT2D eigenvalue weighted by Crippen LogP contribution is 2.39. The van der Waals surface area contributed by atoms with Gasteiger partial charge in [0.1, 0.15) is 5.75 Å².